The molecular formula is C19H21N3O3. The first kappa shape index (κ1) is 18.2. The van der Waals surface area contributed by atoms with Gasteiger partial charge in [-0.3, -0.25) is 14.4 Å². The maximum absolute atomic E-state index is 11.8. The monoisotopic (exact) mass is 339 g/mol. The van der Waals surface area contributed by atoms with Gasteiger partial charge < -0.3 is 16.0 Å². The third-order valence-corrected chi connectivity index (χ3v) is 3.59. The Labute approximate surface area is 146 Å². The van der Waals surface area contributed by atoms with Crippen LogP contribution in [0.15, 0.2) is 54.6 Å². The summed E-state index contributed by atoms with van der Waals surface area (Å²) in [6, 6.07) is 16.3. The Morgan fingerprint density at radius 2 is 1.48 bits per heavy atom. The molecule has 0 unspecified atom stereocenters. The average Bonchev–Trinajstić information content (AvgIpc) is 2.65. The van der Waals surface area contributed by atoms with Crippen LogP contribution >= 0.6 is 0 Å². The maximum atomic E-state index is 11.8. The van der Waals surface area contributed by atoms with Gasteiger partial charge in [0.15, 0.2) is 0 Å². The van der Waals surface area contributed by atoms with Gasteiger partial charge in [-0.1, -0.05) is 42.5 Å². The smallest absolute Gasteiger partial charge is 0.251 e. The number of carbonyl (C=O) groups excluding carboxylic acids is 3. The molecule has 3 N–H and O–H groups in total. The lowest BCUT2D eigenvalue weighted by Crippen LogP contribution is -2.37. The Morgan fingerprint density at radius 1 is 0.800 bits per heavy atom. The Kier molecular flexibility index (Phi) is 6.71. The molecule has 0 aromatic heterocycles. The minimum Gasteiger partial charge on any atom is -0.355 e. The van der Waals surface area contributed by atoms with Crippen LogP contribution in [0.4, 0.5) is 0 Å². The Hall–Kier alpha value is -3.15. The van der Waals surface area contributed by atoms with Gasteiger partial charge in [-0.15, -0.1) is 0 Å². The first-order chi connectivity index (χ1) is 12.1. The van der Waals surface area contributed by atoms with Crippen molar-refractivity contribution in [1.29, 1.82) is 0 Å². The van der Waals surface area contributed by atoms with E-state index in [-0.39, 0.29) is 30.7 Å². The molecule has 0 aliphatic heterocycles. The third-order valence-electron chi connectivity index (χ3n) is 3.59. The van der Waals surface area contributed by atoms with Crippen LogP contribution in [0.3, 0.4) is 0 Å². The summed E-state index contributed by atoms with van der Waals surface area (Å²) < 4.78 is 0. The van der Waals surface area contributed by atoms with Gasteiger partial charge in [-0.05, 0) is 23.3 Å². The summed E-state index contributed by atoms with van der Waals surface area (Å²) in [4.78, 5) is 35.0. The van der Waals surface area contributed by atoms with E-state index in [0.717, 1.165) is 11.1 Å². The van der Waals surface area contributed by atoms with Gasteiger partial charge >= 0.3 is 0 Å². The van der Waals surface area contributed by atoms with Gasteiger partial charge in [0, 0.05) is 19.2 Å². The number of benzene rings is 2. The average molecular weight is 339 g/mol. The van der Waals surface area contributed by atoms with Crippen molar-refractivity contribution in [2.45, 2.75) is 13.0 Å². The quantitative estimate of drug-likeness (QED) is 0.704. The van der Waals surface area contributed by atoms with Gasteiger partial charge in [0.25, 0.3) is 5.91 Å². The van der Waals surface area contributed by atoms with Crippen LogP contribution in [0.1, 0.15) is 21.5 Å². The molecule has 0 saturated heterocycles. The molecule has 130 valence electrons. The van der Waals surface area contributed by atoms with Crippen LogP contribution in [-0.2, 0) is 22.6 Å². The van der Waals surface area contributed by atoms with Crippen LogP contribution in [0, 0.1) is 0 Å². The van der Waals surface area contributed by atoms with Crippen LogP contribution < -0.4 is 16.0 Å². The fourth-order valence-electron chi connectivity index (χ4n) is 2.20. The van der Waals surface area contributed by atoms with Crippen molar-refractivity contribution in [1.82, 2.24) is 16.0 Å². The highest BCUT2D eigenvalue weighted by Gasteiger charge is 2.07. The standard InChI is InChI=1S/C19H21N3O3/c1-20-19(25)16-9-7-15(8-10-16)12-21-18(24)13-22-17(23)11-14-5-3-2-4-6-14/h2-10H,11-13H2,1H3,(H,20,25)(H,21,24)(H,22,23). The molecule has 0 spiro atoms. The van der Waals surface area contributed by atoms with E-state index in [1.807, 2.05) is 30.3 Å². The zero-order valence-electron chi connectivity index (χ0n) is 14.0. The molecule has 0 heterocycles. The lowest BCUT2D eigenvalue weighted by molar-refractivity contribution is -0.125. The largest absolute Gasteiger partial charge is 0.355 e. The Morgan fingerprint density at radius 3 is 2.12 bits per heavy atom. The first-order valence-electron chi connectivity index (χ1n) is 7.97. The molecule has 0 saturated carbocycles. The summed E-state index contributed by atoms with van der Waals surface area (Å²) in [5, 5.41) is 7.87. The second kappa shape index (κ2) is 9.22. The highest BCUT2D eigenvalue weighted by atomic mass is 16.2. The molecule has 0 aliphatic rings. The molecular weight excluding hydrogens is 318 g/mol. The summed E-state index contributed by atoms with van der Waals surface area (Å²) in [5.41, 5.74) is 2.33. The molecule has 0 radical (unpaired) electrons. The van der Waals surface area contributed by atoms with Crippen molar-refractivity contribution in [3.8, 4) is 0 Å². The van der Waals surface area contributed by atoms with E-state index < -0.39 is 0 Å². The van der Waals surface area contributed by atoms with Crippen LogP contribution in [0.25, 0.3) is 0 Å². The summed E-state index contributed by atoms with van der Waals surface area (Å²) in [5.74, 6) is -0.621. The van der Waals surface area contributed by atoms with Crippen molar-refractivity contribution < 1.29 is 14.4 Å². The molecule has 2 rings (SSSR count). The highest BCUT2D eigenvalue weighted by Crippen LogP contribution is 2.04. The summed E-state index contributed by atoms with van der Waals surface area (Å²) >= 11 is 0. The van der Waals surface area contributed by atoms with E-state index in [9.17, 15) is 14.4 Å². The lowest BCUT2D eigenvalue weighted by Gasteiger charge is -2.08. The first-order valence-corrected chi connectivity index (χ1v) is 7.97. The van der Waals surface area contributed by atoms with E-state index in [1.165, 1.54) is 0 Å². The molecule has 25 heavy (non-hydrogen) atoms. The topological polar surface area (TPSA) is 87.3 Å². The molecule has 0 bridgehead atoms. The molecule has 0 atom stereocenters. The summed E-state index contributed by atoms with van der Waals surface area (Å²) in [6.45, 7) is 0.267. The molecule has 0 fully saturated rings. The van der Waals surface area contributed by atoms with E-state index in [4.69, 9.17) is 0 Å². The number of rotatable bonds is 7. The predicted octanol–water partition coefficient (Wildman–Crippen LogP) is 1.02. The Balaban J connectivity index is 1.71. The number of hydrogen-bond acceptors (Lipinski definition) is 3. The summed E-state index contributed by atoms with van der Waals surface area (Å²) in [6.07, 6.45) is 0.245. The second-order valence-corrected chi connectivity index (χ2v) is 5.49. The van der Waals surface area contributed by atoms with Gasteiger partial charge in [0.1, 0.15) is 0 Å². The number of amides is 3. The fourth-order valence-corrected chi connectivity index (χ4v) is 2.20. The van der Waals surface area contributed by atoms with Gasteiger partial charge in [-0.2, -0.15) is 0 Å². The van der Waals surface area contributed by atoms with E-state index in [2.05, 4.69) is 16.0 Å². The van der Waals surface area contributed by atoms with Crippen molar-refractivity contribution in [3.63, 3.8) is 0 Å². The molecule has 3 amide bonds. The SMILES string of the molecule is CNC(=O)c1ccc(CNC(=O)CNC(=O)Cc2ccccc2)cc1. The third kappa shape index (κ3) is 6.10. The van der Waals surface area contributed by atoms with E-state index in [1.54, 1.807) is 31.3 Å². The van der Waals surface area contributed by atoms with E-state index >= 15 is 0 Å². The van der Waals surface area contributed by atoms with Crippen molar-refractivity contribution in [3.05, 3.63) is 71.3 Å². The minimum absolute atomic E-state index is 0.0675. The van der Waals surface area contributed by atoms with Crippen molar-refractivity contribution >= 4 is 17.7 Å². The Bertz CT molecular complexity index is 727. The summed E-state index contributed by atoms with van der Waals surface area (Å²) in [7, 11) is 1.57. The molecule has 6 nitrogen and oxygen atoms in total. The van der Waals surface area contributed by atoms with Crippen molar-refractivity contribution in [2.24, 2.45) is 0 Å². The zero-order valence-corrected chi connectivity index (χ0v) is 14.0. The van der Waals surface area contributed by atoms with Gasteiger partial charge in [-0.25, -0.2) is 0 Å². The van der Waals surface area contributed by atoms with Gasteiger partial charge in [0.2, 0.25) is 11.8 Å². The normalized spacial score (nSPS) is 9.96. The maximum Gasteiger partial charge on any atom is 0.251 e. The molecule has 2 aromatic carbocycles. The van der Waals surface area contributed by atoms with Crippen LogP contribution in [0.5, 0.6) is 0 Å². The molecule has 0 aliphatic carbocycles. The lowest BCUT2D eigenvalue weighted by atomic mass is 10.1. The number of nitrogens with one attached hydrogen (secondary N) is 3. The number of carbonyl (C=O) groups is 3. The predicted molar refractivity (Wildman–Crippen MR) is 94.8 cm³/mol. The van der Waals surface area contributed by atoms with Crippen LogP contribution in [0.2, 0.25) is 0 Å². The van der Waals surface area contributed by atoms with Gasteiger partial charge in [0.05, 0.1) is 13.0 Å². The second-order valence-electron chi connectivity index (χ2n) is 5.49. The highest BCUT2D eigenvalue weighted by molar-refractivity contribution is 5.94. The fraction of sp³-hybridized carbons (Fsp3) is 0.211. The zero-order chi connectivity index (χ0) is 18.1. The molecule has 6 heteroatoms. The van der Waals surface area contributed by atoms with Crippen LogP contribution in [-0.4, -0.2) is 31.3 Å². The van der Waals surface area contributed by atoms with E-state index in [0.29, 0.717) is 12.1 Å². The molecule has 2 aromatic rings. The van der Waals surface area contributed by atoms with Crippen molar-refractivity contribution in [2.75, 3.05) is 13.6 Å². The minimum atomic E-state index is -0.267. The number of hydrogen-bond donors (Lipinski definition) is 3.